The Morgan fingerprint density at radius 1 is 1.31 bits per heavy atom. The van der Waals surface area contributed by atoms with Crippen LogP contribution in [-0.2, 0) is 16.1 Å². The van der Waals surface area contributed by atoms with E-state index in [1.165, 1.54) is 11.8 Å². The molecule has 1 saturated heterocycles. The fraction of sp³-hybridized carbons (Fsp3) is 0.438. The Balaban J connectivity index is 1.63. The Hall–Kier alpha value is -2.20. The van der Waals surface area contributed by atoms with Crippen molar-refractivity contribution in [3.63, 3.8) is 0 Å². The van der Waals surface area contributed by atoms with E-state index in [9.17, 15) is 13.6 Å². The first-order valence-electron chi connectivity index (χ1n) is 8.22. The number of carbonyl (C=O) groups is 1. The van der Waals surface area contributed by atoms with Crippen LogP contribution in [0.5, 0.6) is 0 Å². The summed E-state index contributed by atoms with van der Waals surface area (Å²) in [7, 11) is 0. The quantitative estimate of drug-likeness (QED) is 0.771. The van der Waals surface area contributed by atoms with E-state index in [0.717, 1.165) is 37.2 Å². The monoisotopic (exact) mass is 383 g/mol. The Bertz CT molecular complexity index is 780. The van der Waals surface area contributed by atoms with Crippen LogP contribution in [0.25, 0.3) is 0 Å². The van der Waals surface area contributed by atoms with Crippen LogP contribution < -0.4 is 10.2 Å². The van der Waals surface area contributed by atoms with E-state index in [0.29, 0.717) is 24.9 Å². The maximum atomic E-state index is 13.6. The van der Waals surface area contributed by atoms with E-state index in [1.807, 2.05) is 11.5 Å². The maximum Gasteiger partial charge on any atom is 0.234 e. The number of halogens is 2. The summed E-state index contributed by atoms with van der Waals surface area (Å²) in [6.45, 7) is 5.38. The zero-order valence-electron chi connectivity index (χ0n) is 14.2. The number of rotatable bonds is 6. The SMILES string of the molecule is CCn1c(SCC(=O)Nc2cc(F)ccc2F)nnc1N1CCOCC1. The van der Waals surface area contributed by atoms with Crippen LogP contribution in [0, 0.1) is 11.6 Å². The van der Waals surface area contributed by atoms with E-state index in [4.69, 9.17) is 4.74 Å². The first-order valence-corrected chi connectivity index (χ1v) is 9.20. The zero-order chi connectivity index (χ0) is 18.5. The normalized spacial score (nSPS) is 14.5. The van der Waals surface area contributed by atoms with E-state index >= 15 is 0 Å². The van der Waals surface area contributed by atoms with Crippen LogP contribution in [-0.4, -0.2) is 52.7 Å². The van der Waals surface area contributed by atoms with Gasteiger partial charge in [0.05, 0.1) is 24.7 Å². The number of nitrogens with one attached hydrogen (secondary N) is 1. The summed E-state index contributed by atoms with van der Waals surface area (Å²) < 4.78 is 34.0. The maximum absolute atomic E-state index is 13.6. The lowest BCUT2D eigenvalue weighted by atomic mass is 10.3. The van der Waals surface area contributed by atoms with Gasteiger partial charge in [0.2, 0.25) is 11.9 Å². The highest BCUT2D eigenvalue weighted by Gasteiger charge is 2.20. The second-order valence-corrected chi connectivity index (χ2v) is 6.53. The third kappa shape index (κ3) is 4.31. The molecule has 2 heterocycles. The van der Waals surface area contributed by atoms with Crippen molar-refractivity contribution >= 4 is 29.3 Å². The number of aromatic nitrogens is 3. The molecule has 7 nitrogen and oxygen atoms in total. The summed E-state index contributed by atoms with van der Waals surface area (Å²) in [5, 5.41) is 11.3. The molecule has 1 aromatic carbocycles. The predicted octanol–water partition coefficient (Wildman–Crippen LogP) is 2.14. The average molecular weight is 383 g/mol. The molecule has 1 aliphatic heterocycles. The van der Waals surface area contributed by atoms with Gasteiger partial charge in [-0.2, -0.15) is 0 Å². The van der Waals surface area contributed by atoms with Gasteiger partial charge in [-0.1, -0.05) is 11.8 Å². The summed E-state index contributed by atoms with van der Waals surface area (Å²) in [5.74, 6) is -0.990. The van der Waals surface area contributed by atoms with Crippen LogP contribution >= 0.6 is 11.8 Å². The van der Waals surface area contributed by atoms with Crippen LogP contribution in [0.4, 0.5) is 20.4 Å². The van der Waals surface area contributed by atoms with Crippen molar-refractivity contribution in [3.8, 4) is 0 Å². The average Bonchev–Trinajstić information content (AvgIpc) is 3.06. The standard InChI is InChI=1S/C16H19F2N5O2S/c1-2-23-15(22-5-7-25-8-6-22)20-21-16(23)26-10-14(24)19-13-9-11(17)3-4-12(13)18/h3-4,9H,2,5-8,10H2,1H3,(H,19,24). The van der Waals surface area contributed by atoms with Gasteiger partial charge in [-0.05, 0) is 19.1 Å². The van der Waals surface area contributed by atoms with Crippen molar-refractivity contribution in [1.82, 2.24) is 14.8 Å². The topological polar surface area (TPSA) is 72.3 Å². The van der Waals surface area contributed by atoms with Crippen molar-refractivity contribution in [2.24, 2.45) is 0 Å². The molecular formula is C16H19F2N5O2S. The minimum absolute atomic E-state index is 0.0111. The minimum Gasteiger partial charge on any atom is -0.378 e. The number of ether oxygens (including phenoxy) is 1. The molecule has 0 atom stereocenters. The second-order valence-electron chi connectivity index (χ2n) is 5.59. The molecule has 0 bridgehead atoms. The van der Waals surface area contributed by atoms with Crippen LogP contribution in [0.2, 0.25) is 0 Å². The van der Waals surface area contributed by atoms with E-state index < -0.39 is 17.5 Å². The lowest BCUT2D eigenvalue weighted by Crippen LogP contribution is -2.38. The molecule has 0 spiro atoms. The smallest absolute Gasteiger partial charge is 0.234 e. The van der Waals surface area contributed by atoms with Gasteiger partial charge >= 0.3 is 0 Å². The number of benzene rings is 1. The van der Waals surface area contributed by atoms with E-state index in [-0.39, 0.29) is 11.4 Å². The van der Waals surface area contributed by atoms with Crippen LogP contribution in [0.15, 0.2) is 23.4 Å². The van der Waals surface area contributed by atoms with Crippen LogP contribution in [0.1, 0.15) is 6.92 Å². The van der Waals surface area contributed by atoms with E-state index in [1.54, 1.807) is 0 Å². The van der Waals surface area contributed by atoms with Crippen molar-refractivity contribution in [1.29, 1.82) is 0 Å². The van der Waals surface area contributed by atoms with Crippen molar-refractivity contribution in [2.45, 2.75) is 18.6 Å². The molecule has 1 N–H and O–H groups in total. The number of nitrogens with zero attached hydrogens (tertiary/aromatic N) is 4. The van der Waals surface area contributed by atoms with Gasteiger partial charge < -0.3 is 15.0 Å². The number of carbonyl (C=O) groups excluding carboxylic acids is 1. The number of hydrogen-bond acceptors (Lipinski definition) is 6. The third-order valence-corrected chi connectivity index (χ3v) is 4.81. The summed E-state index contributed by atoms with van der Waals surface area (Å²) in [6, 6.07) is 2.92. The Morgan fingerprint density at radius 2 is 2.08 bits per heavy atom. The molecule has 26 heavy (non-hydrogen) atoms. The lowest BCUT2D eigenvalue weighted by Gasteiger charge is -2.27. The van der Waals surface area contributed by atoms with Crippen molar-refractivity contribution in [3.05, 3.63) is 29.8 Å². The zero-order valence-corrected chi connectivity index (χ0v) is 15.1. The summed E-state index contributed by atoms with van der Waals surface area (Å²) in [6.07, 6.45) is 0. The van der Waals surface area contributed by atoms with Gasteiger partial charge in [-0.25, -0.2) is 8.78 Å². The highest BCUT2D eigenvalue weighted by atomic mass is 32.2. The Morgan fingerprint density at radius 3 is 2.81 bits per heavy atom. The number of hydrogen-bond donors (Lipinski definition) is 1. The van der Waals surface area contributed by atoms with Gasteiger partial charge in [-0.15, -0.1) is 10.2 Å². The molecule has 0 saturated carbocycles. The molecule has 3 rings (SSSR count). The molecule has 140 valence electrons. The molecule has 0 aliphatic carbocycles. The first-order chi connectivity index (χ1) is 12.6. The number of thioether (sulfide) groups is 1. The number of anilines is 2. The first kappa shape index (κ1) is 18.6. The Labute approximate surface area is 153 Å². The third-order valence-electron chi connectivity index (χ3n) is 3.84. The highest BCUT2D eigenvalue weighted by molar-refractivity contribution is 7.99. The molecule has 1 aromatic heterocycles. The molecule has 1 aliphatic rings. The van der Waals surface area contributed by atoms with Gasteiger partial charge in [0.15, 0.2) is 5.16 Å². The van der Waals surface area contributed by atoms with Crippen molar-refractivity contribution in [2.75, 3.05) is 42.3 Å². The van der Waals surface area contributed by atoms with Gasteiger partial charge in [0, 0.05) is 25.7 Å². The largest absolute Gasteiger partial charge is 0.378 e. The Kier molecular flexibility index (Phi) is 6.04. The second kappa shape index (κ2) is 8.45. The fourth-order valence-corrected chi connectivity index (χ4v) is 3.37. The lowest BCUT2D eigenvalue weighted by molar-refractivity contribution is -0.113. The molecule has 1 amide bonds. The molecule has 2 aromatic rings. The predicted molar refractivity (Wildman–Crippen MR) is 94.4 cm³/mol. The summed E-state index contributed by atoms with van der Waals surface area (Å²) >= 11 is 1.20. The molecule has 0 radical (unpaired) electrons. The molecule has 10 heteroatoms. The van der Waals surface area contributed by atoms with Crippen LogP contribution in [0.3, 0.4) is 0 Å². The molecular weight excluding hydrogens is 364 g/mol. The van der Waals surface area contributed by atoms with Gasteiger partial charge in [0.1, 0.15) is 11.6 Å². The van der Waals surface area contributed by atoms with Gasteiger partial charge in [0.25, 0.3) is 0 Å². The summed E-state index contributed by atoms with van der Waals surface area (Å²) in [5.41, 5.74) is -0.179. The van der Waals surface area contributed by atoms with E-state index in [2.05, 4.69) is 20.4 Å². The fourth-order valence-electron chi connectivity index (χ4n) is 2.57. The summed E-state index contributed by atoms with van der Waals surface area (Å²) in [4.78, 5) is 14.1. The number of morpholine rings is 1. The minimum atomic E-state index is -0.684. The molecule has 0 unspecified atom stereocenters. The number of amides is 1. The van der Waals surface area contributed by atoms with Gasteiger partial charge in [-0.3, -0.25) is 9.36 Å². The highest BCUT2D eigenvalue weighted by Crippen LogP contribution is 2.23. The van der Waals surface area contributed by atoms with Crippen molar-refractivity contribution < 1.29 is 18.3 Å². The molecule has 1 fully saturated rings.